The van der Waals surface area contributed by atoms with Crippen molar-refractivity contribution in [3.63, 3.8) is 0 Å². The first kappa shape index (κ1) is 18.5. The highest BCUT2D eigenvalue weighted by molar-refractivity contribution is 6.36. The van der Waals surface area contributed by atoms with Crippen molar-refractivity contribution in [3.8, 4) is 17.6 Å². The van der Waals surface area contributed by atoms with Gasteiger partial charge in [0.25, 0.3) is 0 Å². The highest BCUT2D eigenvalue weighted by Gasteiger charge is 2.12. The smallest absolute Gasteiger partial charge is 0.179 e. The minimum Gasteiger partial charge on any atom is -0.491 e. The van der Waals surface area contributed by atoms with Crippen LogP contribution >= 0.6 is 34.8 Å². The second-order valence-electron chi connectivity index (χ2n) is 4.76. The van der Waals surface area contributed by atoms with Gasteiger partial charge in [-0.25, -0.2) is 0 Å². The van der Waals surface area contributed by atoms with Crippen LogP contribution in [0, 0.1) is 11.3 Å². The zero-order chi connectivity index (χ0) is 17.7. The Labute approximate surface area is 156 Å². The first-order valence-electron chi connectivity index (χ1n) is 7.07. The largest absolute Gasteiger partial charge is 0.491 e. The highest BCUT2D eigenvalue weighted by atomic mass is 35.5. The van der Waals surface area contributed by atoms with E-state index >= 15 is 0 Å². The first-order valence-corrected chi connectivity index (χ1v) is 8.21. The van der Waals surface area contributed by atoms with Crippen LogP contribution in [-0.2, 0) is 0 Å². The van der Waals surface area contributed by atoms with E-state index in [9.17, 15) is 5.26 Å². The molecule has 0 radical (unpaired) electrons. The molecule has 0 heterocycles. The number of hydrogen-bond acceptors (Lipinski definition) is 3. The van der Waals surface area contributed by atoms with Crippen LogP contribution in [0.5, 0.6) is 11.5 Å². The Bertz CT molecular complexity index is 826. The Balaban J connectivity index is 2.53. The van der Waals surface area contributed by atoms with Gasteiger partial charge in [-0.05, 0) is 42.8 Å². The van der Waals surface area contributed by atoms with Crippen LogP contribution in [0.25, 0.3) is 11.6 Å². The third kappa shape index (κ3) is 4.15. The van der Waals surface area contributed by atoms with Crippen LogP contribution in [0.2, 0.25) is 15.1 Å². The summed E-state index contributed by atoms with van der Waals surface area (Å²) >= 11 is 18.3. The summed E-state index contributed by atoms with van der Waals surface area (Å²) in [6.07, 6.45) is 1.68. The number of hydrogen-bond donors (Lipinski definition) is 0. The van der Waals surface area contributed by atoms with Crippen LogP contribution in [-0.4, -0.2) is 13.7 Å². The molecule has 0 saturated heterocycles. The van der Waals surface area contributed by atoms with Gasteiger partial charge in [-0.1, -0.05) is 40.9 Å². The molecule has 2 rings (SSSR count). The van der Waals surface area contributed by atoms with Crippen LogP contribution in [0.1, 0.15) is 18.1 Å². The van der Waals surface area contributed by atoms with Gasteiger partial charge in [-0.3, -0.25) is 0 Å². The van der Waals surface area contributed by atoms with Gasteiger partial charge in [0.05, 0.1) is 35.4 Å². The molecule has 0 spiro atoms. The number of benzene rings is 2. The Morgan fingerprint density at radius 1 is 1.17 bits per heavy atom. The molecule has 0 aliphatic carbocycles. The lowest BCUT2D eigenvalue weighted by Crippen LogP contribution is -1.96. The Morgan fingerprint density at radius 3 is 2.50 bits per heavy atom. The average Bonchev–Trinajstić information content (AvgIpc) is 2.53. The first-order chi connectivity index (χ1) is 11.5. The van der Waals surface area contributed by atoms with Crippen molar-refractivity contribution in [1.29, 1.82) is 5.26 Å². The van der Waals surface area contributed by atoms with Crippen molar-refractivity contribution in [2.75, 3.05) is 13.7 Å². The Morgan fingerprint density at radius 2 is 1.92 bits per heavy atom. The second-order valence-corrected chi connectivity index (χ2v) is 6.01. The summed E-state index contributed by atoms with van der Waals surface area (Å²) in [5, 5.41) is 10.8. The molecule has 0 unspecified atom stereocenters. The lowest BCUT2D eigenvalue weighted by Gasteiger charge is -2.12. The number of halogens is 3. The zero-order valence-corrected chi connectivity index (χ0v) is 15.3. The van der Waals surface area contributed by atoms with Crippen molar-refractivity contribution in [1.82, 2.24) is 0 Å². The van der Waals surface area contributed by atoms with Gasteiger partial charge in [-0.2, -0.15) is 5.26 Å². The average molecular weight is 383 g/mol. The van der Waals surface area contributed by atoms with E-state index in [2.05, 4.69) is 6.07 Å². The summed E-state index contributed by atoms with van der Waals surface area (Å²) in [6, 6.07) is 10.6. The molecule has 124 valence electrons. The number of rotatable bonds is 5. The van der Waals surface area contributed by atoms with Crippen molar-refractivity contribution < 1.29 is 9.47 Å². The maximum absolute atomic E-state index is 9.48. The summed E-state index contributed by atoms with van der Waals surface area (Å²) in [4.78, 5) is 0. The lowest BCUT2D eigenvalue weighted by molar-refractivity contribution is 0.311. The maximum Gasteiger partial charge on any atom is 0.179 e. The van der Waals surface area contributed by atoms with Gasteiger partial charge in [-0.15, -0.1) is 0 Å². The fourth-order valence-electron chi connectivity index (χ4n) is 2.18. The predicted molar refractivity (Wildman–Crippen MR) is 99.1 cm³/mol. The summed E-state index contributed by atoms with van der Waals surface area (Å²) in [6.45, 7) is 2.33. The van der Waals surface area contributed by atoms with E-state index in [0.29, 0.717) is 49.9 Å². The third-order valence-corrected chi connectivity index (χ3v) is 4.02. The molecule has 0 N–H and O–H groups in total. The Hall–Kier alpha value is -1.86. The molecule has 3 nitrogen and oxygen atoms in total. The molecule has 0 aliphatic rings. The second kappa shape index (κ2) is 8.30. The van der Waals surface area contributed by atoms with E-state index in [4.69, 9.17) is 44.3 Å². The van der Waals surface area contributed by atoms with Crippen molar-refractivity contribution in [2.45, 2.75) is 6.92 Å². The standard InChI is InChI=1S/C18H14Cl3NO2/c1-3-24-17-8-11(7-16(21)18(17)23-2)6-12(10-22)14-5-4-13(19)9-15(14)20/h4-9H,3H2,1-2H3/b12-6+. The highest BCUT2D eigenvalue weighted by Crippen LogP contribution is 2.37. The topological polar surface area (TPSA) is 42.2 Å². The molecule has 0 bridgehead atoms. The van der Waals surface area contributed by atoms with Crippen LogP contribution in [0.3, 0.4) is 0 Å². The maximum atomic E-state index is 9.48. The molecule has 6 heteroatoms. The molecule has 0 amide bonds. The van der Waals surface area contributed by atoms with E-state index in [1.807, 2.05) is 6.92 Å². The van der Waals surface area contributed by atoms with Crippen molar-refractivity contribution in [2.24, 2.45) is 0 Å². The van der Waals surface area contributed by atoms with E-state index in [1.165, 1.54) is 7.11 Å². The minimum atomic E-state index is 0.389. The van der Waals surface area contributed by atoms with E-state index in [-0.39, 0.29) is 0 Å². The van der Waals surface area contributed by atoms with Crippen LogP contribution < -0.4 is 9.47 Å². The fourth-order valence-corrected chi connectivity index (χ4v) is 2.98. The van der Waals surface area contributed by atoms with Crippen LogP contribution in [0.15, 0.2) is 30.3 Å². The predicted octanol–water partition coefficient (Wildman–Crippen LogP) is 6.12. The van der Waals surface area contributed by atoms with E-state index in [1.54, 1.807) is 36.4 Å². The number of nitrogens with zero attached hydrogens (tertiary/aromatic N) is 1. The summed E-state index contributed by atoms with van der Waals surface area (Å²) < 4.78 is 10.8. The third-order valence-electron chi connectivity index (χ3n) is 3.19. The zero-order valence-electron chi connectivity index (χ0n) is 13.1. The lowest BCUT2D eigenvalue weighted by atomic mass is 10.0. The molecular formula is C18H14Cl3NO2. The van der Waals surface area contributed by atoms with Crippen molar-refractivity contribution in [3.05, 3.63) is 56.5 Å². The van der Waals surface area contributed by atoms with Gasteiger partial charge in [0.15, 0.2) is 11.5 Å². The quantitative estimate of drug-likeness (QED) is 0.462. The summed E-state index contributed by atoms with van der Waals surface area (Å²) in [7, 11) is 1.52. The Kier molecular flexibility index (Phi) is 6.39. The molecule has 0 saturated carbocycles. The number of nitriles is 1. The molecule has 0 fully saturated rings. The van der Waals surface area contributed by atoms with Gasteiger partial charge in [0.2, 0.25) is 0 Å². The van der Waals surface area contributed by atoms with Gasteiger partial charge >= 0.3 is 0 Å². The molecule has 0 aliphatic heterocycles. The molecular weight excluding hydrogens is 369 g/mol. The van der Waals surface area contributed by atoms with Gasteiger partial charge < -0.3 is 9.47 Å². The van der Waals surface area contributed by atoms with E-state index in [0.717, 1.165) is 0 Å². The van der Waals surface area contributed by atoms with Crippen molar-refractivity contribution >= 4 is 46.5 Å². The van der Waals surface area contributed by atoms with Crippen LogP contribution in [0.4, 0.5) is 0 Å². The number of ether oxygens (including phenoxy) is 2. The van der Waals surface area contributed by atoms with E-state index < -0.39 is 0 Å². The SMILES string of the molecule is CCOc1cc(/C=C(\C#N)c2ccc(Cl)cc2Cl)cc(Cl)c1OC. The summed E-state index contributed by atoms with van der Waals surface area (Å²) in [5.41, 5.74) is 1.68. The summed E-state index contributed by atoms with van der Waals surface area (Å²) in [5.74, 6) is 0.969. The molecule has 2 aromatic rings. The molecule has 0 aromatic heterocycles. The van der Waals surface area contributed by atoms with Gasteiger partial charge in [0, 0.05) is 10.6 Å². The fraction of sp³-hybridized carbons (Fsp3) is 0.167. The molecule has 24 heavy (non-hydrogen) atoms. The number of allylic oxidation sites excluding steroid dienone is 1. The number of methoxy groups -OCH3 is 1. The normalized spacial score (nSPS) is 11.1. The molecule has 2 aromatic carbocycles. The minimum absolute atomic E-state index is 0.389. The molecule has 0 atom stereocenters. The van der Waals surface area contributed by atoms with Gasteiger partial charge in [0.1, 0.15) is 0 Å². The monoisotopic (exact) mass is 381 g/mol.